The number of hydrogen-bond acceptors (Lipinski definition) is 5. The monoisotopic (exact) mass is 319 g/mol. The smallest absolute Gasteiger partial charge is 0.269 e. The molecule has 0 saturated carbocycles. The van der Waals surface area contributed by atoms with E-state index in [4.69, 9.17) is 16.8 Å². The van der Waals surface area contributed by atoms with Gasteiger partial charge in [-0.15, -0.1) is 0 Å². The minimum absolute atomic E-state index is 0.117. The van der Waals surface area contributed by atoms with E-state index in [-0.39, 0.29) is 17.1 Å². The average molecular weight is 320 g/mol. The van der Waals surface area contributed by atoms with Gasteiger partial charge in [0.25, 0.3) is 11.6 Å². The molecule has 0 aromatic heterocycles. The van der Waals surface area contributed by atoms with Crippen LogP contribution in [0.2, 0.25) is 5.02 Å². The Labute approximate surface area is 130 Å². The van der Waals surface area contributed by atoms with Crippen molar-refractivity contribution in [2.75, 3.05) is 0 Å². The summed E-state index contributed by atoms with van der Waals surface area (Å²) in [7, 11) is 0. The molecule has 22 heavy (non-hydrogen) atoms. The first kappa shape index (κ1) is 15.5. The van der Waals surface area contributed by atoms with E-state index in [1.54, 1.807) is 24.3 Å². The lowest BCUT2D eigenvalue weighted by molar-refractivity contribution is -0.384. The molecular formula is C14H10ClN3O4. The van der Waals surface area contributed by atoms with E-state index in [0.29, 0.717) is 10.6 Å². The molecule has 8 heteroatoms. The summed E-state index contributed by atoms with van der Waals surface area (Å²) < 4.78 is 0. The number of rotatable bonds is 3. The Bertz CT molecular complexity index is 744. The van der Waals surface area contributed by atoms with Crippen LogP contribution >= 0.6 is 11.6 Å². The lowest BCUT2D eigenvalue weighted by atomic mass is 10.1. The molecule has 0 spiro atoms. The Kier molecular flexibility index (Phi) is 4.70. The van der Waals surface area contributed by atoms with Gasteiger partial charge in [-0.1, -0.05) is 28.9 Å². The topological polar surface area (TPSA) is 105 Å². The summed E-state index contributed by atoms with van der Waals surface area (Å²) in [5.74, 6) is -0.698. The third-order valence-corrected chi connectivity index (χ3v) is 3.13. The number of halogens is 1. The lowest BCUT2D eigenvalue weighted by Gasteiger charge is -2.08. The summed E-state index contributed by atoms with van der Waals surface area (Å²) in [5, 5.41) is 25.3. The normalized spacial score (nSPS) is 11.0. The molecule has 2 aromatic carbocycles. The van der Waals surface area contributed by atoms with Gasteiger partial charge in [-0.3, -0.25) is 14.9 Å². The second-order valence-corrected chi connectivity index (χ2v) is 4.59. The maximum Gasteiger partial charge on any atom is 0.269 e. The predicted octanol–water partition coefficient (Wildman–Crippen LogP) is 2.81. The molecular weight excluding hydrogens is 310 g/mol. The van der Waals surface area contributed by atoms with Crippen molar-refractivity contribution in [1.29, 1.82) is 0 Å². The number of hydrogen-bond donors (Lipinski definition) is 2. The maximum absolute atomic E-state index is 12.1. The quantitative estimate of drug-likeness (QED) is 0.298. The summed E-state index contributed by atoms with van der Waals surface area (Å²) in [6.07, 6.45) is 0. The molecule has 2 rings (SSSR count). The summed E-state index contributed by atoms with van der Waals surface area (Å²) in [4.78, 5) is 22.1. The van der Waals surface area contributed by atoms with Crippen molar-refractivity contribution < 1.29 is 14.9 Å². The van der Waals surface area contributed by atoms with Gasteiger partial charge in [0.15, 0.2) is 5.84 Å². The van der Waals surface area contributed by atoms with Crippen molar-refractivity contribution in [3.63, 3.8) is 0 Å². The Balaban J connectivity index is 2.20. The molecule has 0 saturated heterocycles. The number of nitrogens with one attached hydrogen (secondary N) is 1. The van der Waals surface area contributed by atoms with Crippen molar-refractivity contribution >= 4 is 29.0 Å². The van der Waals surface area contributed by atoms with Crippen molar-refractivity contribution in [2.45, 2.75) is 0 Å². The van der Waals surface area contributed by atoms with Crippen LogP contribution in [0.15, 0.2) is 53.7 Å². The number of non-ortho nitro benzene ring substituents is 1. The molecule has 0 aliphatic carbocycles. The molecule has 0 unspecified atom stereocenters. The minimum Gasteiger partial charge on any atom is -0.409 e. The second kappa shape index (κ2) is 6.68. The van der Waals surface area contributed by atoms with E-state index in [2.05, 4.69) is 10.5 Å². The zero-order chi connectivity index (χ0) is 16.1. The van der Waals surface area contributed by atoms with E-state index in [0.717, 1.165) is 0 Å². The van der Waals surface area contributed by atoms with Crippen LogP contribution in [0.4, 0.5) is 5.69 Å². The van der Waals surface area contributed by atoms with Gasteiger partial charge in [-0.25, -0.2) is 0 Å². The van der Waals surface area contributed by atoms with Crippen LogP contribution in [0.25, 0.3) is 0 Å². The van der Waals surface area contributed by atoms with E-state index in [1.807, 2.05) is 0 Å². The Morgan fingerprint density at radius 3 is 2.36 bits per heavy atom. The fourth-order valence-corrected chi connectivity index (χ4v) is 1.94. The van der Waals surface area contributed by atoms with Crippen LogP contribution in [0, 0.1) is 10.1 Å². The van der Waals surface area contributed by atoms with Crippen LogP contribution < -0.4 is 5.32 Å². The number of nitro benzene ring substituents is 1. The predicted molar refractivity (Wildman–Crippen MR) is 80.3 cm³/mol. The van der Waals surface area contributed by atoms with Gasteiger partial charge in [-0.2, -0.15) is 0 Å². The number of carbonyl (C=O) groups is 1. The number of nitrogens with zero attached hydrogens (tertiary/aromatic N) is 2. The molecule has 2 aromatic rings. The SMILES string of the molecule is O=C(N/C(=N/O)c1ccccc1Cl)c1ccc([N+](=O)[O-])cc1. The first-order valence-electron chi connectivity index (χ1n) is 6.05. The highest BCUT2D eigenvalue weighted by Gasteiger charge is 2.14. The van der Waals surface area contributed by atoms with E-state index in [1.165, 1.54) is 24.3 Å². The van der Waals surface area contributed by atoms with Crippen LogP contribution in [-0.4, -0.2) is 21.9 Å². The molecule has 2 N–H and O–H groups in total. The van der Waals surface area contributed by atoms with Gasteiger partial charge in [0.05, 0.1) is 9.95 Å². The fourth-order valence-electron chi connectivity index (χ4n) is 1.71. The second-order valence-electron chi connectivity index (χ2n) is 4.19. The van der Waals surface area contributed by atoms with Crippen LogP contribution in [0.1, 0.15) is 15.9 Å². The van der Waals surface area contributed by atoms with Crippen LogP contribution in [-0.2, 0) is 0 Å². The average Bonchev–Trinajstić information content (AvgIpc) is 2.53. The van der Waals surface area contributed by atoms with Gasteiger partial charge in [0.2, 0.25) is 0 Å². The van der Waals surface area contributed by atoms with E-state index < -0.39 is 10.8 Å². The Morgan fingerprint density at radius 2 is 1.82 bits per heavy atom. The highest BCUT2D eigenvalue weighted by Crippen LogP contribution is 2.16. The standard InChI is InChI=1S/C14H10ClN3O4/c15-12-4-2-1-3-11(12)13(17-20)16-14(19)9-5-7-10(8-6-9)18(21)22/h1-8,20H,(H,16,17,19). The molecule has 0 aliphatic rings. The van der Waals surface area contributed by atoms with E-state index >= 15 is 0 Å². The largest absolute Gasteiger partial charge is 0.409 e. The summed E-state index contributed by atoms with van der Waals surface area (Å²) >= 11 is 5.96. The van der Waals surface area contributed by atoms with Crippen LogP contribution in [0.5, 0.6) is 0 Å². The molecule has 7 nitrogen and oxygen atoms in total. The lowest BCUT2D eigenvalue weighted by Crippen LogP contribution is -2.31. The highest BCUT2D eigenvalue weighted by atomic mass is 35.5. The highest BCUT2D eigenvalue weighted by molar-refractivity contribution is 6.34. The third-order valence-electron chi connectivity index (χ3n) is 2.80. The number of carbonyl (C=O) groups excluding carboxylic acids is 1. The number of amidine groups is 1. The van der Waals surface area contributed by atoms with Gasteiger partial charge >= 0.3 is 0 Å². The van der Waals surface area contributed by atoms with E-state index in [9.17, 15) is 14.9 Å². The molecule has 0 aliphatic heterocycles. The first-order valence-corrected chi connectivity index (χ1v) is 6.43. The van der Waals surface area contributed by atoms with Gasteiger partial charge in [0.1, 0.15) is 0 Å². The van der Waals surface area contributed by atoms with Crippen molar-refractivity contribution in [3.8, 4) is 0 Å². The summed E-state index contributed by atoms with van der Waals surface area (Å²) in [6.45, 7) is 0. The van der Waals surface area contributed by atoms with Crippen molar-refractivity contribution in [3.05, 3.63) is 74.8 Å². The van der Waals surface area contributed by atoms with Crippen molar-refractivity contribution in [2.24, 2.45) is 5.16 Å². The zero-order valence-electron chi connectivity index (χ0n) is 11.1. The van der Waals surface area contributed by atoms with Gasteiger partial charge < -0.3 is 10.5 Å². The summed E-state index contributed by atoms with van der Waals surface area (Å²) in [5.41, 5.74) is 0.402. The van der Waals surface area contributed by atoms with Gasteiger partial charge in [0, 0.05) is 23.3 Å². The molecule has 0 bridgehead atoms. The molecule has 1 amide bonds. The minimum atomic E-state index is -0.581. The van der Waals surface area contributed by atoms with Crippen LogP contribution in [0.3, 0.4) is 0 Å². The first-order chi connectivity index (χ1) is 10.5. The molecule has 0 fully saturated rings. The number of nitro groups is 1. The molecule has 112 valence electrons. The fraction of sp³-hybridized carbons (Fsp3) is 0. The molecule has 0 heterocycles. The summed E-state index contributed by atoms with van der Waals surface area (Å²) in [6, 6.07) is 11.5. The molecule has 0 radical (unpaired) electrons. The number of oxime groups is 1. The number of amides is 1. The third kappa shape index (κ3) is 3.39. The van der Waals surface area contributed by atoms with Gasteiger partial charge in [-0.05, 0) is 24.3 Å². The number of benzene rings is 2. The Morgan fingerprint density at radius 1 is 1.18 bits per heavy atom. The maximum atomic E-state index is 12.1. The van der Waals surface area contributed by atoms with Crippen molar-refractivity contribution in [1.82, 2.24) is 5.32 Å². The Hall–Kier alpha value is -2.93. The zero-order valence-corrected chi connectivity index (χ0v) is 11.8. The molecule has 0 atom stereocenters.